The summed E-state index contributed by atoms with van der Waals surface area (Å²) in [5.41, 5.74) is -0.238. The highest BCUT2D eigenvalue weighted by Gasteiger charge is 2.16. The molecule has 0 spiro atoms. The minimum Gasteiger partial charge on any atom is -0.353 e. The topological polar surface area (TPSA) is 61.4 Å². The van der Waals surface area contributed by atoms with Crippen LogP contribution in [0.4, 0.5) is 0 Å². The van der Waals surface area contributed by atoms with E-state index in [4.69, 9.17) is 0 Å². The van der Waals surface area contributed by atoms with Gasteiger partial charge in [0.25, 0.3) is 0 Å². The van der Waals surface area contributed by atoms with Gasteiger partial charge in [-0.3, -0.25) is 14.5 Å². The smallest absolute Gasteiger partial charge is 0.234 e. The third kappa shape index (κ3) is 9.81. The summed E-state index contributed by atoms with van der Waals surface area (Å²) in [4.78, 5) is 24.7. The van der Waals surface area contributed by atoms with E-state index in [1.807, 2.05) is 34.6 Å². The van der Waals surface area contributed by atoms with E-state index >= 15 is 0 Å². The Kier molecular flexibility index (Phi) is 6.16. The van der Waals surface area contributed by atoms with Gasteiger partial charge in [-0.05, 0) is 41.7 Å². The van der Waals surface area contributed by atoms with Crippen LogP contribution in [-0.4, -0.2) is 48.4 Å². The first-order chi connectivity index (χ1) is 7.60. The summed E-state index contributed by atoms with van der Waals surface area (Å²) >= 11 is 0. The van der Waals surface area contributed by atoms with Gasteiger partial charge < -0.3 is 10.6 Å². The number of hydrogen-bond acceptors (Lipinski definition) is 3. The molecule has 0 aromatic heterocycles. The Morgan fingerprint density at radius 3 is 2.00 bits per heavy atom. The average molecular weight is 243 g/mol. The van der Waals surface area contributed by atoms with Crippen LogP contribution in [0.3, 0.4) is 0 Å². The predicted molar refractivity (Wildman–Crippen MR) is 68.7 cm³/mol. The van der Waals surface area contributed by atoms with E-state index in [-0.39, 0.29) is 36.5 Å². The van der Waals surface area contributed by atoms with Gasteiger partial charge in [0, 0.05) is 11.6 Å². The highest BCUT2D eigenvalue weighted by Crippen LogP contribution is 1.98. The van der Waals surface area contributed by atoms with Crippen LogP contribution in [-0.2, 0) is 9.59 Å². The Balaban J connectivity index is 3.97. The van der Waals surface area contributed by atoms with Gasteiger partial charge in [-0.1, -0.05) is 0 Å². The molecule has 0 aliphatic carbocycles. The second kappa shape index (κ2) is 6.59. The van der Waals surface area contributed by atoms with Crippen LogP contribution in [0.15, 0.2) is 0 Å². The SMILES string of the molecule is CC(C)NC(=O)CN(C)CC(=O)NC(C)(C)C. The fourth-order valence-corrected chi connectivity index (χ4v) is 1.37. The van der Waals surface area contributed by atoms with Crippen molar-refractivity contribution in [1.29, 1.82) is 0 Å². The third-order valence-electron chi connectivity index (χ3n) is 1.79. The number of hydrogen-bond donors (Lipinski definition) is 2. The molecular formula is C12H25N3O2. The number of carbonyl (C=O) groups excluding carboxylic acids is 2. The van der Waals surface area contributed by atoms with Crippen molar-refractivity contribution in [3.8, 4) is 0 Å². The van der Waals surface area contributed by atoms with Crippen molar-refractivity contribution in [1.82, 2.24) is 15.5 Å². The molecule has 17 heavy (non-hydrogen) atoms. The van der Waals surface area contributed by atoms with E-state index < -0.39 is 0 Å². The summed E-state index contributed by atoms with van der Waals surface area (Å²) in [6.45, 7) is 10.1. The van der Waals surface area contributed by atoms with Crippen LogP contribution >= 0.6 is 0 Å². The number of amides is 2. The first-order valence-corrected chi connectivity index (χ1v) is 5.89. The van der Waals surface area contributed by atoms with Crippen LogP contribution in [0.1, 0.15) is 34.6 Å². The molecule has 5 heteroatoms. The monoisotopic (exact) mass is 243 g/mol. The van der Waals surface area contributed by atoms with Crippen molar-refractivity contribution in [2.45, 2.75) is 46.2 Å². The van der Waals surface area contributed by atoms with Crippen molar-refractivity contribution in [2.75, 3.05) is 20.1 Å². The average Bonchev–Trinajstić information content (AvgIpc) is 1.95. The van der Waals surface area contributed by atoms with E-state index in [1.165, 1.54) is 0 Å². The minimum absolute atomic E-state index is 0.0638. The molecule has 2 amide bonds. The largest absolute Gasteiger partial charge is 0.353 e. The standard InChI is InChI=1S/C12H25N3O2/c1-9(2)13-10(16)7-15(6)8-11(17)14-12(3,4)5/h9H,7-8H2,1-6H3,(H,13,16)(H,14,17). The maximum Gasteiger partial charge on any atom is 0.234 e. The van der Waals surface area contributed by atoms with E-state index in [0.717, 1.165) is 0 Å². The Hall–Kier alpha value is -1.10. The zero-order valence-electron chi connectivity index (χ0n) is 11.8. The van der Waals surface area contributed by atoms with Crippen molar-refractivity contribution >= 4 is 11.8 Å². The van der Waals surface area contributed by atoms with Gasteiger partial charge in [-0.15, -0.1) is 0 Å². The summed E-state index contributed by atoms with van der Waals surface area (Å²) in [5, 5.41) is 5.63. The molecule has 0 radical (unpaired) electrons. The zero-order chi connectivity index (χ0) is 13.6. The van der Waals surface area contributed by atoms with Crippen LogP contribution < -0.4 is 10.6 Å². The van der Waals surface area contributed by atoms with Crippen molar-refractivity contribution < 1.29 is 9.59 Å². The molecule has 2 N–H and O–H groups in total. The highest BCUT2D eigenvalue weighted by atomic mass is 16.2. The Labute approximate surface area is 104 Å². The number of carbonyl (C=O) groups is 2. The quantitative estimate of drug-likeness (QED) is 0.733. The molecule has 0 aromatic rings. The summed E-state index contributed by atoms with van der Waals surface area (Å²) in [6, 6.07) is 0.124. The van der Waals surface area contributed by atoms with Crippen LogP contribution in [0.5, 0.6) is 0 Å². The summed E-state index contributed by atoms with van der Waals surface area (Å²) in [7, 11) is 1.75. The molecule has 0 heterocycles. The van der Waals surface area contributed by atoms with Gasteiger partial charge in [0.15, 0.2) is 0 Å². The molecule has 0 saturated carbocycles. The van der Waals surface area contributed by atoms with Crippen molar-refractivity contribution in [3.05, 3.63) is 0 Å². The first kappa shape index (κ1) is 15.9. The summed E-state index contributed by atoms with van der Waals surface area (Å²) in [5.74, 6) is -0.136. The number of nitrogens with zero attached hydrogens (tertiary/aromatic N) is 1. The second-order valence-electron chi connectivity index (χ2n) is 5.69. The molecule has 0 saturated heterocycles. The van der Waals surface area contributed by atoms with E-state index in [0.29, 0.717) is 0 Å². The van der Waals surface area contributed by atoms with Gasteiger partial charge >= 0.3 is 0 Å². The lowest BCUT2D eigenvalue weighted by atomic mass is 10.1. The number of rotatable bonds is 5. The van der Waals surface area contributed by atoms with E-state index in [2.05, 4.69) is 10.6 Å². The van der Waals surface area contributed by atoms with Crippen LogP contribution in [0.25, 0.3) is 0 Å². The molecule has 100 valence electrons. The van der Waals surface area contributed by atoms with Gasteiger partial charge in [0.1, 0.15) is 0 Å². The molecule has 0 aromatic carbocycles. The van der Waals surface area contributed by atoms with Crippen LogP contribution in [0, 0.1) is 0 Å². The summed E-state index contributed by atoms with van der Waals surface area (Å²) < 4.78 is 0. The lowest BCUT2D eigenvalue weighted by Gasteiger charge is -2.23. The lowest BCUT2D eigenvalue weighted by Crippen LogP contribution is -2.47. The molecule has 0 atom stereocenters. The molecule has 0 bridgehead atoms. The molecular weight excluding hydrogens is 218 g/mol. The fourth-order valence-electron chi connectivity index (χ4n) is 1.37. The van der Waals surface area contributed by atoms with Crippen molar-refractivity contribution in [2.24, 2.45) is 0 Å². The molecule has 5 nitrogen and oxygen atoms in total. The van der Waals surface area contributed by atoms with Crippen LogP contribution in [0.2, 0.25) is 0 Å². The van der Waals surface area contributed by atoms with Gasteiger partial charge in [-0.25, -0.2) is 0 Å². The highest BCUT2D eigenvalue weighted by molar-refractivity contribution is 5.81. The maximum atomic E-state index is 11.6. The summed E-state index contributed by atoms with van der Waals surface area (Å²) in [6.07, 6.45) is 0. The number of nitrogens with one attached hydrogen (secondary N) is 2. The predicted octanol–water partition coefficient (Wildman–Crippen LogP) is 0.358. The number of likely N-dealkylation sites (N-methyl/N-ethyl adjacent to an activating group) is 1. The Morgan fingerprint density at radius 1 is 1.12 bits per heavy atom. The Bertz CT molecular complexity index is 269. The van der Waals surface area contributed by atoms with Gasteiger partial charge in [0.05, 0.1) is 13.1 Å². The van der Waals surface area contributed by atoms with Crippen molar-refractivity contribution in [3.63, 3.8) is 0 Å². The van der Waals surface area contributed by atoms with E-state index in [9.17, 15) is 9.59 Å². The minimum atomic E-state index is -0.238. The lowest BCUT2D eigenvalue weighted by molar-refractivity contribution is -0.125. The molecule has 0 unspecified atom stereocenters. The maximum absolute atomic E-state index is 11.6. The molecule has 0 rings (SSSR count). The molecule has 0 aliphatic heterocycles. The molecule has 0 fully saturated rings. The third-order valence-corrected chi connectivity index (χ3v) is 1.79. The second-order valence-corrected chi connectivity index (χ2v) is 5.69. The van der Waals surface area contributed by atoms with Gasteiger partial charge in [-0.2, -0.15) is 0 Å². The zero-order valence-corrected chi connectivity index (χ0v) is 11.8. The normalized spacial score (nSPS) is 11.8. The van der Waals surface area contributed by atoms with E-state index in [1.54, 1.807) is 11.9 Å². The Morgan fingerprint density at radius 2 is 1.59 bits per heavy atom. The van der Waals surface area contributed by atoms with Gasteiger partial charge in [0.2, 0.25) is 11.8 Å². The first-order valence-electron chi connectivity index (χ1n) is 5.89. The fraction of sp³-hybridized carbons (Fsp3) is 0.833. The molecule has 0 aliphatic rings.